The van der Waals surface area contributed by atoms with E-state index < -0.39 is 12.0 Å². The lowest BCUT2D eigenvalue weighted by atomic mass is 9.93. The molecule has 6 nitrogen and oxygen atoms in total. The summed E-state index contributed by atoms with van der Waals surface area (Å²) in [6.45, 7) is 2.23. The SMILES string of the molecule is CCOC(=O)C1=C(c2ccccc2)N=c2s/c(=C\c3cc(Br)cc(I)c3OCc3ccc(Cl)cc3)c(=O)n2[C@H]1c1ccc(Cl)cc1. The van der Waals surface area contributed by atoms with Gasteiger partial charge in [-0.05, 0) is 83.1 Å². The maximum absolute atomic E-state index is 14.3. The van der Waals surface area contributed by atoms with Gasteiger partial charge in [-0.3, -0.25) is 9.36 Å². The lowest BCUT2D eigenvalue weighted by Gasteiger charge is -2.26. The average Bonchev–Trinajstić information content (AvgIpc) is 3.35. The predicted octanol–water partition coefficient (Wildman–Crippen LogP) is 8.19. The molecule has 4 aromatic carbocycles. The van der Waals surface area contributed by atoms with E-state index in [-0.39, 0.29) is 17.7 Å². The van der Waals surface area contributed by atoms with Crippen LogP contribution in [0.3, 0.4) is 0 Å². The van der Waals surface area contributed by atoms with Gasteiger partial charge in [0.05, 0.1) is 32.0 Å². The Labute approximate surface area is 300 Å². The number of hydrogen-bond donors (Lipinski definition) is 0. The molecule has 5 aromatic rings. The zero-order valence-corrected chi connectivity index (χ0v) is 30.2. The van der Waals surface area contributed by atoms with Crippen LogP contribution < -0.4 is 19.6 Å². The molecule has 0 amide bonds. The summed E-state index contributed by atoms with van der Waals surface area (Å²) in [4.78, 5) is 33.4. The normalized spacial score (nSPS) is 14.5. The van der Waals surface area contributed by atoms with Crippen LogP contribution in [-0.2, 0) is 16.1 Å². The van der Waals surface area contributed by atoms with Crippen LogP contribution in [0.25, 0.3) is 11.8 Å². The van der Waals surface area contributed by atoms with Crippen LogP contribution in [0.5, 0.6) is 5.75 Å². The largest absolute Gasteiger partial charge is 0.487 e. The molecule has 1 aromatic heterocycles. The fraction of sp³-hybridized carbons (Fsp3) is 0.114. The second-order valence-electron chi connectivity index (χ2n) is 10.2. The van der Waals surface area contributed by atoms with Crippen molar-refractivity contribution in [3.8, 4) is 5.75 Å². The molecular formula is C35H24BrCl2IN2O4S. The van der Waals surface area contributed by atoms with Gasteiger partial charge in [-0.15, -0.1) is 0 Å². The van der Waals surface area contributed by atoms with E-state index in [1.807, 2.05) is 84.9 Å². The van der Waals surface area contributed by atoms with Crippen LogP contribution in [-0.4, -0.2) is 17.1 Å². The summed E-state index contributed by atoms with van der Waals surface area (Å²) in [5.74, 6) is 0.0924. The summed E-state index contributed by atoms with van der Waals surface area (Å²) in [6.07, 6.45) is 1.81. The first kappa shape index (κ1) is 32.7. The maximum Gasteiger partial charge on any atom is 0.338 e. The van der Waals surface area contributed by atoms with E-state index in [0.717, 1.165) is 19.2 Å². The minimum Gasteiger partial charge on any atom is -0.487 e. The molecule has 11 heteroatoms. The van der Waals surface area contributed by atoms with E-state index in [4.69, 9.17) is 37.7 Å². The summed E-state index contributed by atoms with van der Waals surface area (Å²) in [7, 11) is 0. The fourth-order valence-electron chi connectivity index (χ4n) is 5.12. The fourth-order valence-corrected chi connectivity index (χ4v) is 8.07. The molecule has 1 aliphatic rings. The van der Waals surface area contributed by atoms with E-state index >= 15 is 0 Å². The Morgan fingerprint density at radius 2 is 1.70 bits per heavy atom. The van der Waals surface area contributed by atoms with Crippen molar-refractivity contribution in [2.24, 2.45) is 4.99 Å². The molecule has 2 heterocycles. The van der Waals surface area contributed by atoms with E-state index in [0.29, 0.717) is 48.6 Å². The first-order chi connectivity index (χ1) is 22.2. The zero-order valence-electron chi connectivity index (χ0n) is 24.2. The van der Waals surface area contributed by atoms with Gasteiger partial charge in [0, 0.05) is 25.6 Å². The molecule has 0 saturated heterocycles. The first-order valence-electron chi connectivity index (χ1n) is 14.1. The summed E-state index contributed by atoms with van der Waals surface area (Å²) < 4.78 is 15.6. The molecule has 0 unspecified atom stereocenters. The lowest BCUT2D eigenvalue weighted by Crippen LogP contribution is -2.40. The third-order valence-corrected chi connectivity index (χ3v) is 9.93. The smallest absolute Gasteiger partial charge is 0.338 e. The molecule has 0 radical (unpaired) electrons. The average molecular weight is 846 g/mol. The molecule has 0 bridgehead atoms. The van der Waals surface area contributed by atoms with Crippen LogP contribution >= 0.6 is 73.1 Å². The van der Waals surface area contributed by atoms with Crippen molar-refractivity contribution in [3.05, 3.63) is 157 Å². The van der Waals surface area contributed by atoms with Crippen molar-refractivity contribution < 1.29 is 14.3 Å². The minimum atomic E-state index is -0.798. The number of fused-ring (bicyclic) bond motifs is 1. The van der Waals surface area contributed by atoms with Gasteiger partial charge < -0.3 is 9.47 Å². The first-order valence-corrected chi connectivity index (χ1v) is 17.6. The highest BCUT2D eigenvalue weighted by atomic mass is 127. The van der Waals surface area contributed by atoms with Crippen molar-refractivity contribution >= 4 is 90.8 Å². The van der Waals surface area contributed by atoms with Gasteiger partial charge in [0.25, 0.3) is 5.56 Å². The van der Waals surface area contributed by atoms with E-state index in [1.54, 1.807) is 23.6 Å². The zero-order chi connectivity index (χ0) is 32.4. The second-order valence-corrected chi connectivity index (χ2v) is 14.2. The number of aromatic nitrogens is 1. The van der Waals surface area contributed by atoms with Gasteiger partial charge in [0.15, 0.2) is 4.80 Å². The highest BCUT2D eigenvalue weighted by Crippen LogP contribution is 2.36. The summed E-state index contributed by atoms with van der Waals surface area (Å²) in [5.41, 5.74) is 3.55. The van der Waals surface area contributed by atoms with Crippen LogP contribution in [0.2, 0.25) is 10.0 Å². The predicted molar refractivity (Wildman–Crippen MR) is 195 cm³/mol. The van der Waals surface area contributed by atoms with Crippen molar-refractivity contribution in [3.63, 3.8) is 0 Å². The Balaban J connectivity index is 1.55. The van der Waals surface area contributed by atoms with Crippen molar-refractivity contribution in [2.75, 3.05) is 6.61 Å². The standard InChI is InChI=1S/C35H24BrCl2IN2O4S/c1-2-44-34(43)29-30(21-6-4-3-5-7-21)40-35-41(31(29)22-10-14-26(38)15-11-22)33(42)28(46-35)17-23-16-24(36)18-27(39)32(23)45-19-20-8-12-25(37)13-9-20/h3-18,31H,2,19H2,1H3/b28-17-/t31-/m0/s1. The molecule has 1 atom stereocenters. The van der Waals surface area contributed by atoms with Gasteiger partial charge in [0.1, 0.15) is 12.4 Å². The van der Waals surface area contributed by atoms with Crippen LogP contribution in [0.4, 0.5) is 0 Å². The Morgan fingerprint density at radius 3 is 2.37 bits per heavy atom. The Hall–Kier alpha value is -3.22. The number of rotatable bonds is 8. The number of carbonyl (C=O) groups is 1. The maximum atomic E-state index is 14.3. The quantitative estimate of drug-likeness (QED) is 0.117. The van der Waals surface area contributed by atoms with Gasteiger partial charge in [-0.25, -0.2) is 9.79 Å². The molecule has 6 rings (SSSR count). The number of thiazole rings is 1. The third-order valence-electron chi connectivity index (χ3n) is 7.18. The number of carbonyl (C=O) groups excluding carboxylic acids is 1. The van der Waals surface area contributed by atoms with Gasteiger partial charge in [-0.2, -0.15) is 0 Å². The minimum absolute atomic E-state index is 0.169. The van der Waals surface area contributed by atoms with Crippen molar-refractivity contribution in [2.45, 2.75) is 19.6 Å². The molecular weight excluding hydrogens is 822 g/mol. The molecule has 0 aliphatic carbocycles. The molecule has 0 spiro atoms. The Bertz CT molecular complexity index is 2150. The summed E-state index contributed by atoms with van der Waals surface area (Å²) in [6, 6.07) is 27.1. The van der Waals surface area contributed by atoms with Crippen LogP contribution in [0.1, 0.15) is 35.2 Å². The number of benzene rings is 4. The number of ether oxygens (including phenoxy) is 2. The van der Waals surface area contributed by atoms with Gasteiger partial charge in [-0.1, -0.05) is 105 Å². The van der Waals surface area contributed by atoms with Crippen molar-refractivity contribution in [1.82, 2.24) is 4.57 Å². The molecule has 0 saturated carbocycles. The highest BCUT2D eigenvalue weighted by molar-refractivity contribution is 14.1. The van der Waals surface area contributed by atoms with E-state index in [2.05, 4.69) is 38.5 Å². The molecule has 0 fully saturated rings. The summed E-state index contributed by atoms with van der Waals surface area (Å²) >= 11 is 19.4. The molecule has 232 valence electrons. The highest BCUT2D eigenvalue weighted by Gasteiger charge is 2.35. The molecule has 1 aliphatic heterocycles. The second kappa shape index (κ2) is 14.3. The number of esters is 1. The van der Waals surface area contributed by atoms with Gasteiger partial charge in [0.2, 0.25) is 0 Å². The van der Waals surface area contributed by atoms with E-state index in [1.165, 1.54) is 11.3 Å². The Kier molecular flexibility index (Phi) is 10.1. The van der Waals surface area contributed by atoms with Crippen molar-refractivity contribution in [1.29, 1.82) is 0 Å². The van der Waals surface area contributed by atoms with Crippen LogP contribution in [0.15, 0.2) is 111 Å². The number of nitrogens with zero attached hydrogens (tertiary/aromatic N) is 2. The van der Waals surface area contributed by atoms with Crippen LogP contribution in [0, 0.1) is 3.57 Å². The Morgan fingerprint density at radius 1 is 1.02 bits per heavy atom. The number of hydrogen-bond acceptors (Lipinski definition) is 6. The summed E-state index contributed by atoms with van der Waals surface area (Å²) in [5, 5.41) is 1.19. The topological polar surface area (TPSA) is 69.9 Å². The number of halogens is 4. The third kappa shape index (κ3) is 6.89. The lowest BCUT2D eigenvalue weighted by molar-refractivity contribution is -0.138. The van der Waals surface area contributed by atoms with Gasteiger partial charge >= 0.3 is 5.97 Å². The molecule has 0 N–H and O–H groups in total. The molecule has 46 heavy (non-hydrogen) atoms. The van der Waals surface area contributed by atoms with E-state index in [9.17, 15) is 9.59 Å². The monoisotopic (exact) mass is 844 g/mol.